The number of methoxy groups -OCH3 is 1. The molecule has 174 valence electrons. The predicted molar refractivity (Wildman–Crippen MR) is 120 cm³/mol. The summed E-state index contributed by atoms with van der Waals surface area (Å²) in [7, 11) is 1.57. The van der Waals surface area contributed by atoms with Crippen LogP contribution in [0.2, 0.25) is 0 Å². The van der Waals surface area contributed by atoms with Crippen LogP contribution in [0.15, 0.2) is 36.7 Å². The molecule has 2 aliphatic rings. The lowest BCUT2D eigenvalue weighted by Gasteiger charge is -2.31. The number of hydrogen-bond donors (Lipinski definition) is 2. The van der Waals surface area contributed by atoms with Gasteiger partial charge in [0.1, 0.15) is 13.2 Å². The number of nitrogens with zero attached hydrogens (tertiary/aromatic N) is 3. The van der Waals surface area contributed by atoms with E-state index in [1.54, 1.807) is 25.6 Å². The molecule has 0 amide bonds. The largest absolute Gasteiger partial charge is 0.486 e. The number of ether oxygens (including phenoxy) is 4. The second kappa shape index (κ2) is 9.86. The van der Waals surface area contributed by atoms with E-state index in [1.807, 2.05) is 18.2 Å². The van der Waals surface area contributed by atoms with Gasteiger partial charge in [-0.2, -0.15) is 0 Å². The number of rotatable bonds is 7. The SMILES string of the molecule is COc1ccc2nccc(C(O)C[C@@H]3CC[C@@H](NCc4cc5c(cn4)OCCO5)CO3)c2n1. The van der Waals surface area contributed by atoms with Gasteiger partial charge in [-0.15, -0.1) is 0 Å². The fraction of sp³-hybridized carbons (Fsp3) is 0.458. The fourth-order valence-corrected chi connectivity index (χ4v) is 4.27. The lowest BCUT2D eigenvalue weighted by atomic mass is 9.96. The van der Waals surface area contributed by atoms with E-state index in [1.165, 1.54) is 0 Å². The van der Waals surface area contributed by atoms with Crippen molar-refractivity contribution in [3.05, 3.63) is 47.9 Å². The van der Waals surface area contributed by atoms with E-state index in [-0.39, 0.29) is 12.1 Å². The zero-order valence-corrected chi connectivity index (χ0v) is 18.6. The Morgan fingerprint density at radius 3 is 2.85 bits per heavy atom. The van der Waals surface area contributed by atoms with Crippen LogP contribution in [0.4, 0.5) is 0 Å². The molecule has 0 aromatic carbocycles. The van der Waals surface area contributed by atoms with Gasteiger partial charge in [0.15, 0.2) is 11.5 Å². The first-order valence-corrected chi connectivity index (χ1v) is 11.3. The van der Waals surface area contributed by atoms with E-state index in [0.29, 0.717) is 49.9 Å². The molecule has 1 unspecified atom stereocenters. The number of aliphatic hydroxyl groups is 1. The summed E-state index contributed by atoms with van der Waals surface area (Å²) in [6.45, 7) is 2.34. The molecular weight excluding hydrogens is 424 g/mol. The summed E-state index contributed by atoms with van der Waals surface area (Å²) in [5.74, 6) is 1.94. The minimum absolute atomic E-state index is 0.0145. The summed E-state index contributed by atoms with van der Waals surface area (Å²) >= 11 is 0. The number of aliphatic hydroxyl groups excluding tert-OH is 1. The molecule has 33 heavy (non-hydrogen) atoms. The van der Waals surface area contributed by atoms with Crippen molar-refractivity contribution in [1.82, 2.24) is 20.3 Å². The highest BCUT2D eigenvalue weighted by molar-refractivity contribution is 5.78. The van der Waals surface area contributed by atoms with Crippen LogP contribution in [-0.4, -0.2) is 59.1 Å². The highest BCUT2D eigenvalue weighted by Crippen LogP contribution is 2.31. The Labute approximate surface area is 192 Å². The summed E-state index contributed by atoms with van der Waals surface area (Å²) in [6.07, 6.45) is 5.05. The second-order valence-corrected chi connectivity index (χ2v) is 8.30. The Hall–Kier alpha value is -3.01. The van der Waals surface area contributed by atoms with Crippen molar-refractivity contribution in [2.75, 3.05) is 26.9 Å². The third-order valence-corrected chi connectivity index (χ3v) is 6.07. The van der Waals surface area contributed by atoms with Crippen LogP contribution in [0.3, 0.4) is 0 Å². The van der Waals surface area contributed by atoms with E-state index >= 15 is 0 Å². The summed E-state index contributed by atoms with van der Waals surface area (Å²) in [4.78, 5) is 13.3. The van der Waals surface area contributed by atoms with Gasteiger partial charge in [-0.05, 0) is 25.0 Å². The molecule has 9 heteroatoms. The molecule has 3 atom stereocenters. The molecule has 1 fully saturated rings. The molecule has 0 aliphatic carbocycles. The maximum atomic E-state index is 10.9. The molecule has 0 spiro atoms. The van der Waals surface area contributed by atoms with Crippen molar-refractivity contribution < 1.29 is 24.1 Å². The monoisotopic (exact) mass is 452 g/mol. The van der Waals surface area contributed by atoms with Crippen LogP contribution in [0, 0.1) is 0 Å². The van der Waals surface area contributed by atoms with Gasteiger partial charge in [-0.25, -0.2) is 4.98 Å². The van der Waals surface area contributed by atoms with Crippen molar-refractivity contribution in [2.24, 2.45) is 0 Å². The standard InChI is InChI=1S/C24H28N4O5/c1-30-23-5-4-19-24(28-23)18(6-7-25-19)20(29)11-17-3-2-15(14-33-17)26-12-16-10-21-22(13-27-16)32-9-8-31-21/h4-7,10,13,15,17,20,26,29H,2-3,8-9,11-12,14H2,1H3/t15-,17+,20?/m1/s1. The molecule has 5 heterocycles. The van der Waals surface area contributed by atoms with E-state index in [0.717, 1.165) is 35.4 Å². The fourth-order valence-electron chi connectivity index (χ4n) is 4.27. The topological polar surface area (TPSA) is 108 Å². The first kappa shape index (κ1) is 21.8. The van der Waals surface area contributed by atoms with Crippen molar-refractivity contribution in [1.29, 1.82) is 0 Å². The maximum Gasteiger partial charge on any atom is 0.213 e. The van der Waals surface area contributed by atoms with Gasteiger partial charge in [0, 0.05) is 42.9 Å². The summed E-state index contributed by atoms with van der Waals surface area (Å²) in [6, 6.07) is 7.59. The summed E-state index contributed by atoms with van der Waals surface area (Å²) in [5.41, 5.74) is 3.04. The molecule has 2 aliphatic heterocycles. The third-order valence-electron chi connectivity index (χ3n) is 6.07. The van der Waals surface area contributed by atoms with E-state index in [9.17, 15) is 5.11 Å². The number of pyridine rings is 3. The van der Waals surface area contributed by atoms with Gasteiger partial charge in [-0.1, -0.05) is 0 Å². The number of fused-ring (bicyclic) bond motifs is 2. The normalized spacial score (nSPS) is 21.0. The Morgan fingerprint density at radius 2 is 2.03 bits per heavy atom. The zero-order chi connectivity index (χ0) is 22.6. The molecule has 1 saturated heterocycles. The van der Waals surface area contributed by atoms with Gasteiger partial charge in [0.25, 0.3) is 0 Å². The second-order valence-electron chi connectivity index (χ2n) is 8.30. The van der Waals surface area contributed by atoms with Crippen molar-refractivity contribution in [2.45, 2.75) is 44.1 Å². The number of nitrogens with one attached hydrogen (secondary N) is 1. The minimum Gasteiger partial charge on any atom is -0.486 e. The summed E-state index contributed by atoms with van der Waals surface area (Å²) < 4.78 is 22.4. The van der Waals surface area contributed by atoms with Crippen LogP contribution in [0.5, 0.6) is 17.4 Å². The van der Waals surface area contributed by atoms with Crippen LogP contribution >= 0.6 is 0 Å². The zero-order valence-electron chi connectivity index (χ0n) is 18.6. The smallest absolute Gasteiger partial charge is 0.213 e. The first-order valence-electron chi connectivity index (χ1n) is 11.3. The van der Waals surface area contributed by atoms with Gasteiger partial charge in [0.2, 0.25) is 5.88 Å². The van der Waals surface area contributed by atoms with Crippen molar-refractivity contribution in [3.8, 4) is 17.4 Å². The minimum atomic E-state index is -0.688. The summed E-state index contributed by atoms with van der Waals surface area (Å²) in [5, 5.41) is 14.4. The van der Waals surface area contributed by atoms with Crippen molar-refractivity contribution in [3.63, 3.8) is 0 Å². The van der Waals surface area contributed by atoms with Gasteiger partial charge >= 0.3 is 0 Å². The van der Waals surface area contributed by atoms with Crippen LogP contribution in [0.1, 0.15) is 36.6 Å². The highest BCUT2D eigenvalue weighted by atomic mass is 16.6. The molecule has 5 rings (SSSR count). The number of aromatic nitrogens is 3. The van der Waals surface area contributed by atoms with Gasteiger partial charge in [0.05, 0.1) is 48.8 Å². The molecule has 3 aromatic rings. The maximum absolute atomic E-state index is 10.9. The van der Waals surface area contributed by atoms with E-state index in [4.69, 9.17) is 18.9 Å². The molecule has 0 bridgehead atoms. The molecule has 0 radical (unpaired) electrons. The predicted octanol–water partition coefficient (Wildman–Crippen LogP) is 2.57. The molecule has 0 saturated carbocycles. The highest BCUT2D eigenvalue weighted by Gasteiger charge is 2.25. The van der Waals surface area contributed by atoms with Crippen LogP contribution in [0.25, 0.3) is 11.0 Å². The first-order chi connectivity index (χ1) is 16.2. The Bertz CT molecular complexity index is 1100. The average molecular weight is 453 g/mol. The van der Waals surface area contributed by atoms with Crippen molar-refractivity contribution >= 4 is 11.0 Å². The molecule has 2 N–H and O–H groups in total. The number of hydrogen-bond acceptors (Lipinski definition) is 9. The van der Waals surface area contributed by atoms with Gasteiger partial charge < -0.3 is 29.4 Å². The molecule has 3 aromatic heterocycles. The average Bonchev–Trinajstić information content (AvgIpc) is 2.87. The Balaban J connectivity index is 1.14. The van der Waals surface area contributed by atoms with E-state index in [2.05, 4.69) is 20.3 Å². The third kappa shape index (κ3) is 5.00. The Morgan fingerprint density at radius 1 is 1.15 bits per heavy atom. The van der Waals surface area contributed by atoms with E-state index < -0.39 is 6.10 Å². The van der Waals surface area contributed by atoms with Gasteiger partial charge in [-0.3, -0.25) is 9.97 Å². The molecule has 9 nitrogen and oxygen atoms in total. The van der Waals surface area contributed by atoms with Crippen LogP contribution < -0.4 is 19.5 Å². The Kier molecular flexibility index (Phi) is 6.52. The van der Waals surface area contributed by atoms with Crippen LogP contribution in [-0.2, 0) is 11.3 Å². The lowest BCUT2D eigenvalue weighted by molar-refractivity contribution is -0.0297. The quantitative estimate of drug-likeness (QED) is 0.559. The molecular formula is C24H28N4O5. The lowest BCUT2D eigenvalue weighted by Crippen LogP contribution is -2.40.